The fourth-order valence-electron chi connectivity index (χ4n) is 3.35. The summed E-state index contributed by atoms with van der Waals surface area (Å²) in [6, 6.07) is 14.7. The predicted molar refractivity (Wildman–Crippen MR) is 110 cm³/mol. The smallest absolute Gasteiger partial charge is 0.274 e. The molecule has 0 radical (unpaired) electrons. The lowest BCUT2D eigenvalue weighted by Gasteiger charge is -2.30. The Hall–Kier alpha value is -3.19. The zero-order chi connectivity index (χ0) is 20.2. The fraction of sp³-hybridized carbons (Fsp3) is 0.238. The summed E-state index contributed by atoms with van der Waals surface area (Å²) < 4.78 is 1.69. The van der Waals surface area contributed by atoms with E-state index in [2.05, 4.69) is 15.4 Å². The molecule has 148 valence electrons. The number of rotatable bonds is 4. The molecule has 0 aliphatic carbocycles. The number of anilines is 1. The number of carbonyl (C=O) groups excluding carboxylic acids is 2. The second-order valence-corrected chi connectivity index (χ2v) is 7.33. The van der Waals surface area contributed by atoms with E-state index in [1.165, 1.54) is 6.20 Å². The molecule has 0 spiro atoms. The summed E-state index contributed by atoms with van der Waals surface area (Å²) in [5, 5.41) is 7.73. The third kappa shape index (κ3) is 4.46. The van der Waals surface area contributed by atoms with Crippen molar-refractivity contribution in [2.24, 2.45) is 5.92 Å². The van der Waals surface area contributed by atoms with Crippen LogP contribution < -0.4 is 5.32 Å². The minimum absolute atomic E-state index is 0.0831. The lowest BCUT2D eigenvalue weighted by molar-refractivity contribution is -0.121. The molecule has 2 aromatic heterocycles. The van der Waals surface area contributed by atoms with Gasteiger partial charge in [-0.2, -0.15) is 5.10 Å². The molecule has 0 unspecified atom stereocenters. The minimum atomic E-state index is -0.154. The number of nitrogens with zero attached hydrogens (tertiary/aromatic N) is 4. The molecule has 3 aromatic rings. The Kier molecular flexibility index (Phi) is 5.57. The number of pyridine rings is 1. The molecule has 0 saturated carbocycles. The zero-order valence-corrected chi connectivity index (χ0v) is 16.4. The van der Waals surface area contributed by atoms with Gasteiger partial charge in [-0.25, -0.2) is 9.67 Å². The number of halogens is 1. The van der Waals surface area contributed by atoms with Gasteiger partial charge in [0.2, 0.25) is 5.91 Å². The Morgan fingerprint density at radius 3 is 2.48 bits per heavy atom. The lowest BCUT2D eigenvalue weighted by Crippen LogP contribution is -2.41. The van der Waals surface area contributed by atoms with E-state index in [9.17, 15) is 9.59 Å². The Morgan fingerprint density at radius 1 is 1.03 bits per heavy atom. The van der Waals surface area contributed by atoms with E-state index >= 15 is 0 Å². The van der Waals surface area contributed by atoms with Gasteiger partial charge in [0.1, 0.15) is 5.82 Å². The van der Waals surface area contributed by atoms with E-state index < -0.39 is 0 Å². The summed E-state index contributed by atoms with van der Waals surface area (Å²) in [6.07, 6.45) is 4.48. The first-order valence-corrected chi connectivity index (χ1v) is 9.81. The van der Waals surface area contributed by atoms with Crippen molar-refractivity contribution in [3.8, 4) is 5.69 Å². The van der Waals surface area contributed by atoms with E-state index in [0.717, 1.165) is 5.69 Å². The average molecular weight is 410 g/mol. The molecule has 1 aromatic carbocycles. The molecule has 1 fully saturated rings. The molecule has 1 aliphatic heterocycles. The van der Waals surface area contributed by atoms with Crippen molar-refractivity contribution in [1.82, 2.24) is 19.7 Å². The van der Waals surface area contributed by atoms with E-state index in [1.54, 1.807) is 34.0 Å². The second kappa shape index (κ2) is 8.45. The summed E-state index contributed by atoms with van der Waals surface area (Å²) in [4.78, 5) is 31.1. The molecule has 3 heterocycles. The van der Waals surface area contributed by atoms with Crippen molar-refractivity contribution in [1.29, 1.82) is 0 Å². The Bertz CT molecular complexity index is 995. The third-order valence-corrected chi connectivity index (χ3v) is 5.18. The molecular weight excluding hydrogens is 390 g/mol. The van der Waals surface area contributed by atoms with E-state index in [4.69, 9.17) is 11.6 Å². The molecule has 4 rings (SSSR count). The van der Waals surface area contributed by atoms with Crippen LogP contribution in [0, 0.1) is 5.92 Å². The van der Waals surface area contributed by atoms with E-state index in [1.807, 2.05) is 30.3 Å². The van der Waals surface area contributed by atoms with Gasteiger partial charge in [0.05, 0.1) is 10.7 Å². The van der Waals surface area contributed by atoms with Crippen molar-refractivity contribution >= 4 is 29.2 Å². The first-order valence-electron chi connectivity index (χ1n) is 9.43. The van der Waals surface area contributed by atoms with Crippen LogP contribution >= 0.6 is 11.6 Å². The molecule has 0 bridgehead atoms. The van der Waals surface area contributed by atoms with Crippen LogP contribution in [0.25, 0.3) is 5.69 Å². The minimum Gasteiger partial charge on any atom is -0.337 e. The molecule has 1 saturated heterocycles. The molecular formula is C21H20ClN5O2. The second-order valence-electron chi connectivity index (χ2n) is 6.90. The van der Waals surface area contributed by atoms with Gasteiger partial charge in [-0.1, -0.05) is 29.8 Å². The summed E-state index contributed by atoms with van der Waals surface area (Å²) >= 11 is 5.81. The Labute approximate surface area is 173 Å². The number of benzene rings is 1. The summed E-state index contributed by atoms with van der Waals surface area (Å²) in [7, 11) is 0. The number of para-hydroxylation sites is 1. The maximum atomic E-state index is 12.8. The van der Waals surface area contributed by atoms with E-state index in [0.29, 0.717) is 42.5 Å². The van der Waals surface area contributed by atoms with Gasteiger partial charge in [0.15, 0.2) is 5.69 Å². The largest absolute Gasteiger partial charge is 0.337 e. The van der Waals surface area contributed by atoms with Crippen molar-refractivity contribution in [2.75, 3.05) is 18.4 Å². The van der Waals surface area contributed by atoms with Crippen LogP contribution in [0.5, 0.6) is 0 Å². The first-order chi connectivity index (χ1) is 14.1. The normalized spacial score (nSPS) is 14.6. The molecule has 29 heavy (non-hydrogen) atoms. The van der Waals surface area contributed by atoms with Gasteiger partial charge >= 0.3 is 0 Å². The van der Waals surface area contributed by atoms with Crippen LogP contribution in [0.2, 0.25) is 5.02 Å². The lowest BCUT2D eigenvalue weighted by atomic mass is 9.95. The third-order valence-electron chi connectivity index (χ3n) is 4.96. The predicted octanol–water partition coefficient (Wildman–Crippen LogP) is 3.41. The highest BCUT2D eigenvalue weighted by atomic mass is 35.5. The maximum absolute atomic E-state index is 12.8. The molecule has 8 heteroatoms. The SMILES string of the molecule is O=C(Nc1ccc(Cl)cn1)C1CCN(C(=O)c2ccn(-c3ccccc3)n2)CC1. The first kappa shape index (κ1) is 19.1. The number of aromatic nitrogens is 3. The van der Waals surface area contributed by atoms with Crippen molar-refractivity contribution < 1.29 is 9.59 Å². The fourth-order valence-corrected chi connectivity index (χ4v) is 3.46. The van der Waals surface area contributed by atoms with Crippen LogP contribution in [0.1, 0.15) is 23.3 Å². The highest BCUT2D eigenvalue weighted by Gasteiger charge is 2.29. The number of nitrogens with one attached hydrogen (secondary N) is 1. The molecule has 1 aliphatic rings. The van der Waals surface area contributed by atoms with Crippen LogP contribution in [-0.2, 0) is 4.79 Å². The highest BCUT2D eigenvalue weighted by molar-refractivity contribution is 6.30. The number of amides is 2. The number of hydrogen-bond donors (Lipinski definition) is 1. The van der Waals surface area contributed by atoms with Crippen LogP contribution in [0.3, 0.4) is 0 Å². The summed E-state index contributed by atoms with van der Waals surface area (Å²) in [6.45, 7) is 1.03. The molecule has 0 atom stereocenters. The van der Waals surface area contributed by atoms with Crippen LogP contribution in [0.15, 0.2) is 60.9 Å². The number of likely N-dealkylation sites (tertiary alicyclic amines) is 1. The van der Waals surface area contributed by atoms with Gasteiger partial charge in [0.25, 0.3) is 5.91 Å². The Morgan fingerprint density at radius 2 is 1.79 bits per heavy atom. The van der Waals surface area contributed by atoms with E-state index in [-0.39, 0.29) is 17.7 Å². The van der Waals surface area contributed by atoms with Crippen molar-refractivity contribution in [3.05, 3.63) is 71.6 Å². The summed E-state index contributed by atoms with van der Waals surface area (Å²) in [5.74, 6) is 0.126. The van der Waals surface area contributed by atoms with Crippen LogP contribution in [0.4, 0.5) is 5.82 Å². The number of hydrogen-bond acceptors (Lipinski definition) is 4. The van der Waals surface area contributed by atoms with Crippen LogP contribution in [-0.4, -0.2) is 44.6 Å². The quantitative estimate of drug-likeness (QED) is 0.716. The molecule has 1 N–H and O–H groups in total. The van der Waals surface area contributed by atoms with Gasteiger partial charge in [0, 0.05) is 31.4 Å². The Balaban J connectivity index is 1.33. The van der Waals surface area contributed by atoms with Gasteiger partial charge in [-0.15, -0.1) is 0 Å². The highest BCUT2D eigenvalue weighted by Crippen LogP contribution is 2.21. The van der Waals surface area contributed by atoms with Gasteiger partial charge in [-0.3, -0.25) is 9.59 Å². The average Bonchev–Trinajstić information content (AvgIpc) is 3.26. The maximum Gasteiger partial charge on any atom is 0.274 e. The standard InChI is InChI=1S/C21H20ClN5O2/c22-16-6-7-19(23-14-16)24-20(28)15-8-11-26(12-9-15)21(29)18-10-13-27(25-18)17-4-2-1-3-5-17/h1-7,10,13-15H,8-9,11-12H2,(H,23,24,28). The topological polar surface area (TPSA) is 80.1 Å². The van der Waals surface area contributed by atoms with Crippen molar-refractivity contribution in [2.45, 2.75) is 12.8 Å². The molecule has 7 nitrogen and oxygen atoms in total. The van der Waals surface area contributed by atoms with Crippen molar-refractivity contribution in [3.63, 3.8) is 0 Å². The summed E-state index contributed by atoms with van der Waals surface area (Å²) in [5.41, 5.74) is 1.31. The number of carbonyl (C=O) groups is 2. The zero-order valence-electron chi connectivity index (χ0n) is 15.7. The van der Waals surface area contributed by atoms with Gasteiger partial charge in [-0.05, 0) is 43.2 Å². The number of piperidine rings is 1. The monoisotopic (exact) mass is 409 g/mol. The van der Waals surface area contributed by atoms with Gasteiger partial charge < -0.3 is 10.2 Å². The molecule has 2 amide bonds.